The van der Waals surface area contributed by atoms with Crippen LogP contribution in [0.1, 0.15) is 18.4 Å². The minimum absolute atomic E-state index is 0.0569. The molecule has 0 saturated heterocycles. The van der Waals surface area contributed by atoms with Crippen LogP contribution in [-0.4, -0.2) is 6.54 Å². The van der Waals surface area contributed by atoms with E-state index in [9.17, 15) is 4.39 Å². The van der Waals surface area contributed by atoms with Crippen LogP contribution in [0.5, 0.6) is 0 Å². The lowest BCUT2D eigenvalue weighted by Crippen LogP contribution is -2.20. The number of benzene rings is 1. The topological polar surface area (TPSA) is 26.0 Å². The molecule has 1 saturated carbocycles. The van der Waals surface area contributed by atoms with Crippen molar-refractivity contribution in [3.8, 4) is 0 Å². The summed E-state index contributed by atoms with van der Waals surface area (Å²) >= 11 is 9.04. The Morgan fingerprint density at radius 2 is 2.14 bits per heavy atom. The highest BCUT2D eigenvalue weighted by molar-refractivity contribution is 9.10. The Kier molecular flexibility index (Phi) is 2.58. The molecule has 0 unspecified atom stereocenters. The molecule has 0 bridgehead atoms. The van der Waals surface area contributed by atoms with Gasteiger partial charge in [0.1, 0.15) is 0 Å². The Hall–Kier alpha value is -0.120. The quantitative estimate of drug-likeness (QED) is 0.826. The second kappa shape index (κ2) is 3.47. The van der Waals surface area contributed by atoms with Crippen LogP contribution >= 0.6 is 27.5 Å². The zero-order valence-corrected chi connectivity index (χ0v) is 9.83. The molecule has 0 radical (unpaired) electrons. The lowest BCUT2D eigenvalue weighted by Gasteiger charge is -2.15. The van der Waals surface area contributed by atoms with Gasteiger partial charge in [-0.3, -0.25) is 0 Å². The number of halogens is 3. The Bertz CT molecular complexity index is 377. The fourth-order valence-corrected chi connectivity index (χ4v) is 2.48. The summed E-state index contributed by atoms with van der Waals surface area (Å²) in [6.07, 6.45) is 2.01. The SMILES string of the molecule is NCC1(c2ccc(Br)c(F)c2Cl)CC1. The minimum atomic E-state index is -0.385. The van der Waals surface area contributed by atoms with Crippen molar-refractivity contribution in [2.75, 3.05) is 6.54 Å². The molecule has 0 amide bonds. The van der Waals surface area contributed by atoms with Crippen LogP contribution in [-0.2, 0) is 5.41 Å². The van der Waals surface area contributed by atoms with Gasteiger partial charge in [0.25, 0.3) is 0 Å². The van der Waals surface area contributed by atoms with Crippen molar-refractivity contribution in [2.24, 2.45) is 5.73 Å². The lowest BCUT2D eigenvalue weighted by atomic mass is 9.96. The molecule has 4 heteroatoms. The molecule has 0 atom stereocenters. The zero-order valence-electron chi connectivity index (χ0n) is 7.49. The maximum atomic E-state index is 13.5. The largest absolute Gasteiger partial charge is 0.330 e. The van der Waals surface area contributed by atoms with Gasteiger partial charge in [0, 0.05) is 12.0 Å². The third kappa shape index (κ3) is 1.47. The number of nitrogens with two attached hydrogens (primary N) is 1. The average molecular weight is 279 g/mol. The van der Waals surface area contributed by atoms with E-state index in [1.807, 2.05) is 6.07 Å². The van der Waals surface area contributed by atoms with Crippen LogP contribution < -0.4 is 5.73 Å². The summed E-state index contributed by atoms with van der Waals surface area (Å²) in [6, 6.07) is 3.54. The van der Waals surface area contributed by atoms with Gasteiger partial charge in [0.15, 0.2) is 5.82 Å². The van der Waals surface area contributed by atoms with E-state index in [0.29, 0.717) is 11.0 Å². The first-order valence-corrected chi connectivity index (χ1v) is 5.62. The minimum Gasteiger partial charge on any atom is -0.330 e. The second-order valence-corrected chi connectivity index (χ2v) is 4.94. The Morgan fingerprint density at radius 3 is 2.64 bits per heavy atom. The predicted molar refractivity (Wildman–Crippen MR) is 59.1 cm³/mol. The van der Waals surface area contributed by atoms with Gasteiger partial charge in [-0.2, -0.15) is 0 Å². The summed E-state index contributed by atoms with van der Waals surface area (Å²) in [5.41, 5.74) is 6.46. The predicted octanol–water partition coefficient (Wildman–Crippen LogP) is 3.23. The van der Waals surface area contributed by atoms with E-state index in [0.717, 1.165) is 18.4 Å². The monoisotopic (exact) mass is 277 g/mol. The van der Waals surface area contributed by atoms with Crippen molar-refractivity contribution in [3.63, 3.8) is 0 Å². The van der Waals surface area contributed by atoms with E-state index in [1.165, 1.54) is 0 Å². The fraction of sp³-hybridized carbons (Fsp3) is 0.400. The van der Waals surface area contributed by atoms with Crippen molar-refractivity contribution in [1.29, 1.82) is 0 Å². The smallest absolute Gasteiger partial charge is 0.156 e. The van der Waals surface area contributed by atoms with Gasteiger partial charge in [0.2, 0.25) is 0 Å². The first-order valence-electron chi connectivity index (χ1n) is 4.45. The Morgan fingerprint density at radius 1 is 1.50 bits per heavy atom. The van der Waals surface area contributed by atoms with Crippen molar-refractivity contribution in [1.82, 2.24) is 0 Å². The molecule has 1 aromatic carbocycles. The van der Waals surface area contributed by atoms with Gasteiger partial charge < -0.3 is 5.73 Å². The molecule has 14 heavy (non-hydrogen) atoms. The summed E-state index contributed by atoms with van der Waals surface area (Å²) in [7, 11) is 0. The highest BCUT2D eigenvalue weighted by Gasteiger charge is 2.44. The molecular formula is C10H10BrClFN. The van der Waals surface area contributed by atoms with E-state index in [4.69, 9.17) is 17.3 Å². The molecule has 1 aliphatic rings. The van der Waals surface area contributed by atoms with Crippen LogP contribution in [0.3, 0.4) is 0 Å². The van der Waals surface area contributed by atoms with Gasteiger partial charge in [-0.25, -0.2) is 4.39 Å². The van der Waals surface area contributed by atoms with Crippen LogP contribution in [0.15, 0.2) is 16.6 Å². The summed E-state index contributed by atoms with van der Waals surface area (Å²) < 4.78 is 13.9. The molecule has 1 aromatic rings. The maximum absolute atomic E-state index is 13.5. The summed E-state index contributed by atoms with van der Waals surface area (Å²) in [5.74, 6) is -0.385. The van der Waals surface area contributed by atoms with E-state index in [1.54, 1.807) is 6.07 Å². The summed E-state index contributed by atoms with van der Waals surface area (Å²) in [6.45, 7) is 0.536. The van der Waals surface area contributed by atoms with E-state index in [2.05, 4.69) is 15.9 Å². The molecule has 1 aliphatic carbocycles. The highest BCUT2D eigenvalue weighted by Crippen LogP contribution is 2.50. The van der Waals surface area contributed by atoms with Gasteiger partial charge in [0.05, 0.1) is 9.50 Å². The van der Waals surface area contributed by atoms with Crippen LogP contribution in [0.25, 0.3) is 0 Å². The molecule has 0 spiro atoms. The molecule has 0 aliphatic heterocycles. The third-order valence-electron chi connectivity index (χ3n) is 2.85. The van der Waals surface area contributed by atoms with Crippen molar-refractivity contribution in [2.45, 2.75) is 18.3 Å². The Balaban J connectivity index is 2.50. The number of hydrogen-bond acceptors (Lipinski definition) is 1. The van der Waals surface area contributed by atoms with Crippen LogP contribution in [0, 0.1) is 5.82 Å². The normalized spacial score (nSPS) is 18.3. The van der Waals surface area contributed by atoms with Gasteiger partial charge in [-0.1, -0.05) is 17.7 Å². The zero-order chi connectivity index (χ0) is 10.3. The van der Waals surface area contributed by atoms with E-state index >= 15 is 0 Å². The van der Waals surface area contributed by atoms with E-state index in [-0.39, 0.29) is 16.3 Å². The van der Waals surface area contributed by atoms with Crippen LogP contribution in [0.2, 0.25) is 5.02 Å². The maximum Gasteiger partial charge on any atom is 0.156 e. The fourth-order valence-electron chi connectivity index (χ4n) is 1.67. The van der Waals surface area contributed by atoms with E-state index < -0.39 is 0 Å². The molecule has 1 fully saturated rings. The van der Waals surface area contributed by atoms with Gasteiger partial charge in [-0.15, -0.1) is 0 Å². The molecule has 1 nitrogen and oxygen atoms in total. The molecule has 0 heterocycles. The average Bonchev–Trinajstić information content (AvgIpc) is 2.95. The highest BCUT2D eigenvalue weighted by atomic mass is 79.9. The van der Waals surface area contributed by atoms with Crippen molar-refractivity contribution >= 4 is 27.5 Å². The first kappa shape index (κ1) is 10.4. The molecule has 2 rings (SSSR count). The number of hydrogen-bond donors (Lipinski definition) is 1. The molecule has 0 aromatic heterocycles. The third-order valence-corrected chi connectivity index (χ3v) is 3.83. The standard InChI is InChI=1S/C10H10BrClFN/c11-7-2-1-6(8(12)9(7)13)10(5-14)3-4-10/h1-2H,3-5,14H2. The summed E-state index contributed by atoms with van der Waals surface area (Å²) in [4.78, 5) is 0. The summed E-state index contributed by atoms with van der Waals surface area (Å²) in [5, 5.41) is 0.210. The van der Waals surface area contributed by atoms with Crippen molar-refractivity contribution < 1.29 is 4.39 Å². The first-order chi connectivity index (χ1) is 6.60. The second-order valence-electron chi connectivity index (χ2n) is 3.71. The van der Waals surface area contributed by atoms with Gasteiger partial charge >= 0.3 is 0 Å². The molecule has 76 valence electrons. The van der Waals surface area contributed by atoms with Crippen LogP contribution in [0.4, 0.5) is 4.39 Å². The Labute approximate surface area is 95.6 Å². The van der Waals surface area contributed by atoms with Crippen molar-refractivity contribution in [3.05, 3.63) is 33.0 Å². The lowest BCUT2D eigenvalue weighted by molar-refractivity contribution is 0.610. The molecule has 2 N–H and O–H groups in total. The van der Waals surface area contributed by atoms with Gasteiger partial charge in [-0.05, 0) is 40.4 Å². The molecular weight excluding hydrogens is 268 g/mol. The number of rotatable bonds is 2.